The van der Waals surface area contributed by atoms with Crippen molar-refractivity contribution < 1.29 is 9.90 Å². The van der Waals surface area contributed by atoms with E-state index in [9.17, 15) is 4.79 Å². The van der Waals surface area contributed by atoms with Crippen LogP contribution in [0.1, 0.15) is 25.0 Å². The first-order valence-corrected chi connectivity index (χ1v) is 6.12. The summed E-state index contributed by atoms with van der Waals surface area (Å²) in [7, 11) is 0. The molecule has 1 unspecified atom stereocenters. The number of aromatic amines is 1. The van der Waals surface area contributed by atoms with Gasteiger partial charge in [0.25, 0.3) is 0 Å². The molecule has 0 spiro atoms. The molecule has 1 atom stereocenters. The van der Waals surface area contributed by atoms with Crippen LogP contribution in [0.3, 0.4) is 0 Å². The average Bonchev–Trinajstić information content (AvgIpc) is 2.85. The molecule has 1 heterocycles. The Morgan fingerprint density at radius 1 is 1.56 bits per heavy atom. The van der Waals surface area contributed by atoms with Crippen LogP contribution in [0.15, 0.2) is 12.5 Å². The Morgan fingerprint density at radius 3 is 3.00 bits per heavy atom. The number of rotatable bonds is 10. The lowest BCUT2D eigenvalue weighted by atomic mass is 10.1. The van der Waals surface area contributed by atoms with Gasteiger partial charge in [-0.25, -0.2) is 10.4 Å². The van der Waals surface area contributed by atoms with Crippen molar-refractivity contribution in [2.75, 3.05) is 13.1 Å². The fourth-order valence-corrected chi connectivity index (χ4v) is 1.56. The number of hydrogen-bond acceptors (Lipinski definition) is 5. The lowest BCUT2D eigenvalue weighted by Crippen LogP contribution is -2.46. The minimum absolute atomic E-state index is 0.571. The van der Waals surface area contributed by atoms with E-state index in [1.807, 2.05) is 0 Å². The largest absolute Gasteiger partial charge is 0.480 e. The molecule has 0 aliphatic carbocycles. The van der Waals surface area contributed by atoms with Gasteiger partial charge < -0.3 is 15.8 Å². The molecule has 0 saturated carbocycles. The van der Waals surface area contributed by atoms with Gasteiger partial charge in [-0.1, -0.05) is 0 Å². The number of carbonyl (C=O) groups is 1. The van der Waals surface area contributed by atoms with Gasteiger partial charge >= 0.3 is 5.97 Å². The van der Waals surface area contributed by atoms with Crippen molar-refractivity contribution in [1.29, 1.82) is 0 Å². The van der Waals surface area contributed by atoms with E-state index in [0.29, 0.717) is 19.5 Å². The van der Waals surface area contributed by atoms with Gasteiger partial charge in [0.05, 0.1) is 6.33 Å². The lowest BCUT2D eigenvalue weighted by Gasteiger charge is -2.14. The molecule has 0 fully saturated rings. The first-order chi connectivity index (χ1) is 8.74. The van der Waals surface area contributed by atoms with Crippen LogP contribution in [-0.4, -0.2) is 40.2 Å². The van der Waals surface area contributed by atoms with Crippen LogP contribution in [0.4, 0.5) is 0 Å². The molecule has 7 nitrogen and oxygen atoms in total. The summed E-state index contributed by atoms with van der Waals surface area (Å²) >= 11 is 0. The zero-order valence-electron chi connectivity index (χ0n) is 10.4. The molecule has 1 aromatic rings. The zero-order valence-corrected chi connectivity index (χ0v) is 10.4. The number of imidazole rings is 1. The fraction of sp³-hybridized carbons (Fsp3) is 0.636. The molecule has 0 aliphatic heterocycles. The highest BCUT2D eigenvalue weighted by atomic mass is 16.4. The van der Waals surface area contributed by atoms with Crippen molar-refractivity contribution in [3.05, 3.63) is 18.2 Å². The molecule has 0 saturated heterocycles. The van der Waals surface area contributed by atoms with E-state index >= 15 is 0 Å². The molecule has 102 valence electrons. The SMILES string of the molecule is NCCCCC(NNCCc1cnc[nH]1)C(=O)O. The number of nitrogens with zero attached hydrogens (tertiary/aromatic N) is 1. The van der Waals surface area contributed by atoms with Crippen molar-refractivity contribution in [2.24, 2.45) is 5.73 Å². The highest BCUT2D eigenvalue weighted by Crippen LogP contribution is 1.99. The summed E-state index contributed by atoms with van der Waals surface area (Å²) in [5.74, 6) is -0.846. The van der Waals surface area contributed by atoms with Crippen LogP contribution in [0, 0.1) is 0 Å². The van der Waals surface area contributed by atoms with E-state index in [-0.39, 0.29) is 0 Å². The number of carboxylic acid groups (broad SMARTS) is 1. The van der Waals surface area contributed by atoms with Crippen LogP contribution in [0.2, 0.25) is 0 Å². The van der Waals surface area contributed by atoms with E-state index in [4.69, 9.17) is 10.8 Å². The molecule has 0 radical (unpaired) electrons. The molecule has 0 aliphatic rings. The van der Waals surface area contributed by atoms with E-state index in [1.54, 1.807) is 12.5 Å². The quantitative estimate of drug-likeness (QED) is 0.288. The first kappa shape index (κ1) is 14.6. The number of hydrazine groups is 1. The molecular formula is C11H21N5O2. The Bertz CT molecular complexity index is 328. The molecule has 0 aromatic carbocycles. The van der Waals surface area contributed by atoms with Gasteiger partial charge in [-0.2, -0.15) is 0 Å². The number of carboxylic acids is 1. The average molecular weight is 255 g/mol. The highest BCUT2D eigenvalue weighted by molar-refractivity contribution is 5.73. The molecule has 6 N–H and O–H groups in total. The van der Waals surface area contributed by atoms with Crippen LogP contribution < -0.4 is 16.6 Å². The predicted octanol–water partition coefficient (Wildman–Crippen LogP) is -0.371. The third-order valence-corrected chi connectivity index (χ3v) is 2.60. The molecule has 18 heavy (non-hydrogen) atoms. The molecule has 1 aromatic heterocycles. The summed E-state index contributed by atoms with van der Waals surface area (Å²) < 4.78 is 0. The van der Waals surface area contributed by atoms with Gasteiger partial charge in [0.2, 0.25) is 0 Å². The normalized spacial score (nSPS) is 12.5. The summed E-state index contributed by atoms with van der Waals surface area (Å²) in [5, 5.41) is 9.01. The smallest absolute Gasteiger partial charge is 0.322 e. The maximum absolute atomic E-state index is 11.0. The van der Waals surface area contributed by atoms with Crippen molar-refractivity contribution in [3.63, 3.8) is 0 Å². The van der Waals surface area contributed by atoms with Gasteiger partial charge in [-0.3, -0.25) is 10.2 Å². The van der Waals surface area contributed by atoms with Crippen molar-refractivity contribution in [1.82, 2.24) is 20.8 Å². The number of nitrogens with one attached hydrogen (secondary N) is 3. The Kier molecular flexibility index (Phi) is 7.00. The lowest BCUT2D eigenvalue weighted by molar-refractivity contribution is -0.140. The first-order valence-electron chi connectivity index (χ1n) is 6.12. The van der Waals surface area contributed by atoms with Gasteiger partial charge in [0.1, 0.15) is 6.04 Å². The zero-order chi connectivity index (χ0) is 13.2. The Labute approximate surface area is 106 Å². The molecule has 1 rings (SSSR count). The topological polar surface area (TPSA) is 116 Å². The number of aromatic nitrogens is 2. The predicted molar refractivity (Wildman–Crippen MR) is 67.8 cm³/mol. The second-order valence-corrected chi connectivity index (χ2v) is 4.07. The Morgan fingerprint density at radius 2 is 2.39 bits per heavy atom. The third kappa shape index (κ3) is 5.76. The minimum atomic E-state index is -0.846. The summed E-state index contributed by atoms with van der Waals surface area (Å²) in [6.45, 7) is 1.24. The van der Waals surface area contributed by atoms with Gasteiger partial charge in [-0.15, -0.1) is 0 Å². The van der Waals surface area contributed by atoms with Crippen LogP contribution in [-0.2, 0) is 11.2 Å². The number of nitrogens with two attached hydrogens (primary N) is 1. The monoisotopic (exact) mass is 255 g/mol. The number of aliphatic carboxylic acids is 1. The van der Waals surface area contributed by atoms with Gasteiger partial charge in [0, 0.05) is 24.9 Å². The van der Waals surface area contributed by atoms with Crippen molar-refractivity contribution in [3.8, 4) is 0 Å². The second kappa shape index (κ2) is 8.62. The van der Waals surface area contributed by atoms with E-state index in [1.165, 1.54) is 0 Å². The van der Waals surface area contributed by atoms with E-state index in [2.05, 4.69) is 20.8 Å². The maximum Gasteiger partial charge on any atom is 0.322 e. The second-order valence-electron chi connectivity index (χ2n) is 4.07. The number of H-pyrrole nitrogens is 1. The van der Waals surface area contributed by atoms with Gasteiger partial charge in [-0.05, 0) is 25.8 Å². The van der Waals surface area contributed by atoms with Crippen molar-refractivity contribution >= 4 is 5.97 Å². The molecule has 0 amide bonds. The third-order valence-electron chi connectivity index (χ3n) is 2.60. The summed E-state index contributed by atoms with van der Waals surface area (Å²) in [4.78, 5) is 17.9. The van der Waals surface area contributed by atoms with Crippen LogP contribution in [0.5, 0.6) is 0 Å². The highest BCUT2D eigenvalue weighted by Gasteiger charge is 2.15. The fourth-order valence-electron chi connectivity index (χ4n) is 1.56. The number of hydrogen-bond donors (Lipinski definition) is 5. The van der Waals surface area contributed by atoms with Crippen LogP contribution in [0.25, 0.3) is 0 Å². The van der Waals surface area contributed by atoms with Gasteiger partial charge in [0.15, 0.2) is 0 Å². The van der Waals surface area contributed by atoms with Crippen molar-refractivity contribution in [2.45, 2.75) is 31.7 Å². The summed E-state index contributed by atoms with van der Waals surface area (Å²) in [6.07, 6.45) is 6.36. The standard InChI is InChI=1S/C11H21N5O2/c12-5-2-1-3-10(11(17)18)16-15-6-4-9-7-13-8-14-9/h7-8,10,15-16H,1-6,12H2,(H,13,14)(H,17,18). The summed E-state index contributed by atoms with van der Waals surface area (Å²) in [5.41, 5.74) is 12.1. The summed E-state index contributed by atoms with van der Waals surface area (Å²) in [6, 6.07) is -0.571. The molecule has 0 bridgehead atoms. The molecule has 7 heteroatoms. The molecular weight excluding hydrogens is 234 g/mol. The Hall–Kier alpha value is -1.44. The van der Waals surface area contributed by atoms with E-state index in [0.717, 1.165) is 25.0 Å². The maximum atomic E-state index is 11.0. The Balaban J connectivity index is 2.14. The number of unbranched alkanes of at least 4 members (excludes halogenated alkanes) is 1. The van der Waals surface area contributed by atoms with Crippen LogP contribution >= 0.6 is 0 Å². The minimum Gasteiger partial charge on any atom is -0.480 e. The van der Waals surface area contributed by atoms with E-state index < -0.39 is 12.0 Å².